The van der Waals surface area contributed by atoms with Crippen LogP contribution >= 0.6 is 11.6 Å². The van der Waals surface area contributed by atoms with Crippen molar-refractivity contribution in [2.75, 3.05) is 0 Å². The van der Waals surface area contributed by atoms with Gasteiger partial charge >= 0.3 is 6.03 Å². The van der Waals surface area contributed by atoms with Crippen LogP contribution in [0.15, 0.2) is 23.3 Å². The van der Waals surface area contributed by atoms with Crippen LogP contribution in [0.2, 0.25) is 5.02 Å². The summed E-state index contributed by atoms with van der Waals surface area (Å²) in [5.41, 5.74) is 5.77. The van der Waals surface area contributed by atoms with Crippen LogP contribution in [0.1, 0.15) is 25.0 Å². The molecule has 1 heterocycles. The summed E-state index contributed by atoms with van der Waals surface area (Å²) in [6.45, 7) is 0.287. The lowest BCUT2D eigenvalue weighted by Gasteiger charge is -2.27. The highest BCUT2D eigenvalue weighted by Crippen LogP contribution is 2.18. The third-order valence-corrected chi connectivity index (χ3v) is 3.25. The van der Waals surface area contributed by atoms with Crippen LogP contribution in [0.3, 0.4) is 0 Å². The molecular weight excluding hydrogens is 266 g/mol. The predicted molar refractivity (Wildman–Crippen MR) is 73.9 cm³/mol. The Labute approximate surface area is 116 Å². The van der Waals surface area contributed by atoms with Crippen molar-refractivity contribution in [3.8, 4) is 0 Å². The second-order valence-electron chi connectivity index (χ2n) is 4.36. The number of amides is 2. The Kier molecular flexibility index (Phi) is 4.57. The van der Waals surface area contributed by atoms with E-state index >= 15 is 0 Å². The number of hydrogen-bond acceptors (Lipinski definition) is 3. The van der Waals surface area contributed by atoms with Gasteiger partial charge in [0, 0.05) is 12.2 Å². The second kappa shape index (κ2) is 6.38. The minimum absolute atomic E-state index is 0.287. The quantitative estimate of drug-likeness (QED) is 0.577. The van der Waals surface area contributed by atoms with Gasteiger partial charge in [-0.05, 0) is 31.4 Å². The van der Waals surface area contributed by atoms with E-state index < -0.39 is 6.03 Å². The van der Waals surface area contributed by atoms with Crippen molar-refractivity contribution in [2.45, 2.75) is 31.8 Å². The molecule has 2 amide bonds. The van der Waals surface area contributed by atoms with Crippen molar-refractivity contribution < 1.29 is 4.79 Å². The van der Waals surface area contributed by atoms with Crippen molar-refractivity contribution in [1.82, 2.24) is 15.6 Å². The first-order chi connectivity index (χ1) is 9.15. The van der Waals surface area contributed by atoms with Crippen LogP contribution < -0.4 is 16.4 Å². The van der Waals surface area contributed by atoms with Crippen LogP contribution in [0, 0.1) is 0 Å². The smallest absolute Gasteiger partial charge is 0.318 e. The lowest BCUT2D eigenvalue weighted by atomic mass is 9.93. The van der Waals surface area contributed by atoms with Crippen molar-refractivity contribution in [2.24, 2.45) is 10.7 Å². The van der Waals surface area contributed by atoms with Crippen molar-refractivity contribution in [1.29, 1.82) is 0 Å². The Bertz CT molecular complexity index is 487. The summed E-state index contributed by atoms with van der Waals surface area (Å²) in [4.78, 5) is 19.3. The fourth-order valence-electron chi connectivity index (χ4n) is 1.67. The number of pyridine rings is 1. The van der Waals surface area contributed by atoms with Gasteiger partial charge in [-0.3, -0.25) is 10.3 Å². The van der Waals surface area contributed by atoms with Crippen LogP contribution in [0.4, 0.5) is 4.79 Å². The molecule has 6 nitrogen and oxygen atoms in total. The first-order valence-corrected chi connectivity index (χ1v) is 6.50. The highest BCUT2D eigenvalue weighted by atomic mass is 35.5. The molecule has 1 aliphatic rings. The van der Waals surface area contributed by atoms with Crippen molar-refractivity contribution >= 4 is 23.6 Å². The Morgan fingerprint density at radius 2 is 2.37 bits per heavy atom. The SMILES string of the molecule is NC(=O)NC(=NCc1ncccc1Cl)NC1CCC1. The summed E-state index contributed by atoms with van der Waals surface area (Å²) >= 11 is 5.99. The number of nitrogens with one attached hydrogen (secondary N) is 2. The lowest BCUT2D eigenvalue weighted by molar-refractivity contribution is 0.252. The van der Waals surface area contributed by atoms with Gasteiger partial charge in [0.15, 0.2) is 5.96 Å². The van der Waals surface area contributed by atoms with Gasteiger partial charge in [-0.25, -0.2) is 9.79 Å². The Hall–Kier alpha value is -1.82. The van der Waals surface area contributed by atoms with E-state index in [4.69, 9.17) is 17.3 Å². The molecule has 1 saturated carbocycles. The summed E-state index contributed by atoms with van der Waals surface area (Å²) in [6.07, 6.45) is 4.98. The number of guanidine groups is 1. The average Bonchev–Trinajstić information content (AvgIpc) is 2.31. The van der Waals surface area contributed by atoms with E-state index in [1.165, 1.54) is 6.42 Å². The molecule has 0 atom stereocenters. The zero-order valence-electron chi connectivity index (χ0n) is 10.4. The van der Waals surface area contributed by atoms with Gasteiger partial charge in [-0.1, -0.05) is 11.6 Å². The number of carbonyl (C=O) groups excluding carboxylic acids is 1. The van der Waals surface area contributed by atoms with Gasteiger partial charge in [0.1, 0.15) is 0 Å². The molecular formula is C12H16ClN5O. The molecule has 19 heavy (non-hydrogen) atoms. The molecule has 102 valence electrons. The summed E-state index contributed by atoms with van der Waals surface area (Å²) in [5, 5.41) is 6.17. The monoisotopic (exact) mass is 281 g/mol. The molecule has 1 fully saturated rings. The van der Waals surface area contributed by atoms with E-state index in [0.29, 0.717) is 22.7 Å². The number of urea groups is 1. The standard InChI is InChI=1S/C12H16ClN5O/c13-9-5-2-6-15-10(9)7-16-12(18-11(14)19)17-8-3-1-4-8/h2,5-6,8H,1,3-4,7H2,(H4,14,16,17,18,19). The second-order valence-corrected chi connectivity index (χ2v) is 4.77. The molecule has 0 aliphatic heterocycles. The van der Waals surface area contributed by atoms with Gasteiger partial charge in [-0.15, -0.1) is 0 Å². The fourth-order valence-corrected chi connectivity index (χ4v) is 1.85. The van der Waals surface area contributed by atoms with Gasteiger partial charge in [0.25, 0.3) is 0 Å². The van der Waals surface area contributed by atoms with E-state index in [2.05, 4.69) is 20.6 Å². The van der Waals surface area contributed by atoms with Crippen LogP contribution in [-0.4, -0.2) is 23.0 Å². The summed E-state index contributed by atoms with van der Waals surface area (Å²) in [7, 11) is 0. The molecule has 0 unspecified atom stereocenters. The molecule has 4 N–H and O–H groups in total. The number of rotatable bonds is 3. The zero-order chi connectivity index (χ0) is 13.7. The van der Waals surface area contributed by atoms with E-state index in [1.54, 1.807) is 18.3 Å². The van der Waals surface area contributed by atoms with E-state index in [-0.39, 0.29) is 6.54 Å². The van der Waals surface area contributed by atoms with Gasteiger partial charge in [-0.2, -0.15) is 0 Å². The number of aliphatic imine (C=N–C) groups is 1. The van der Waals surface area contributed by atoms with E-state index in [9.17, 15) is 4.79 Å². The number of hydrogen-bond donors (Lipinski definition) is 3. The minimum atomic E-state index is -0.641. The maximum Gasteiger partial charge on any atom is 0.318 e. The number of nitrogens with zero attached hydrogens (tertiary/aromatic N) is 2. The van der Waals surface area contributed by atoms with Crippen molar-refractivity contribution in [3.63, 3.8) is 0 Å². The number of halogens is 1. The minimum Gasteiger partial charge on any atom is -0.353 e. The molecule has 0 spiro atoms. The van der Waals surface area contributed by atoms with E-state index in [1.807, 2.05) is 0 Å². The Morgan fingerprint density at radius 3 is 2.95 bits per heavy atom. The zero-order valence-corrected chi connectivity index (χ0v) is 11.2. The molecule has 0 aromatic carbocycles. The summed E-state index contributed by atoms with van der Waals surface area (Å²) < 4.78 is 0. The number of primary amides is 1. The molecule has 0 bridgehead atoms. The molecule has 7 heteroatoms. The fraction of sp³-hybridized carbons (Fsp3) is 0.417. The van der Waals surface area contributed by atoms with Gasteiger partial charge in [0.2, 0.25) is 0 Å². The van der Waals surface area contributed by atoms with Crippen molar-refractivity contribution in [3.05, 3.63) is 29.0 Å². The first kappa shape index (κ1) is 13.6. The molecule has 2 rings (SSSR count). The highest BCUT2D eigenvalue weighted by Gasteiger charge is 2.19. The van der Waals surface area contributed by atoms with Gasteiger partial charge < -0.3 is 11.1 Å². The molecule has 0 saturated heterocycles. The topological polar surface area (TPSA) is 92.4 Å². The molecule has 0 radical (unpaired) electrons. The third kappa shape index (κ3) is 4.10. The maximum atomic E-state index is 10.9. The van der Waals surface area contributed by atoms with Crippen LogP contribution in [0.5, 0.6) is 0 Å². The first-order valence-electron chi connectivity index (χ1n) is 6.12. The Balaban J connectivity index is 2.01. The summed E-state index contributed by atoms with van der Waals surface area (Å²) in [6, 6.07) is 3.22. The number of aromatic nitrogens is 1. The predicted octanol–water partition coefficient (Wildman–Crippen LogP) is 1.40. The Morgan fingerprint density at radius 1 is 1.58 bits per heavy atom. The third-order valence-electron chi connectivity index (χ3n) is 2.91. The molecule has 1 aromatic heterocycles. The number of nitrogens with two attached hydrogens (primary N) is 1. The molecule has 1 aromatic rings. The largest absolute Gasteiger partial charge is 0.353 e. The number of carbonyl (C=O) groups is 1. The lowest BCUT2D eigenvalue weighted by Crippen LogP contribution is -2.49. The van der Waals surface area contributed by atoms with Crippen LogP contribution in [0.25, 0.3) is 0 Å². The summed E-state index contributed by atoms with van der Waals surface area (Å²) in [5.74, 6) is 0.374. The normalized spacial score (nSPS) is 15.7. The average molecular weight is 282 g/mol. The van der Waals surface area contributed by atoms with Gasteiger partial charge in [0.05, 0.1) is 17.3 Å². The van der Waals surface area contributed by atoms with Crippen LogP contribution in [-0.2, 0) is 6.54 Å². The van der Waals surface area contributed by atoms with E-state index in [0.717, 1.165) is 12.8 Å². The molecule has 1 aliphatic carbocycles. The maximum absolute atomic E-state index is 10.9. The highest BCUT2D eigenvalue weighted by molar-refractivity contribution is 6.31.